The Balaban J connectivity index is 1.48. The molecule has 5 nitrogen and oxygen atoms in total. The van der Waals surface area contributed by atoms with Crippen molar-refractivity contribution in [2.45, 2.75) is 20.5 Å². The first kappa shape index (κ1) is 18.8. The molecule has 6 heteroatoms. The van der Waals surface area contributed by atoms with Gasteiger partial charge in [-0.1, -0.05) is 29.8 Å². The van der Waals surface area contributed by atoms with Gasteiger partial charge >= 0.3 is 5.97 Å². The number of carbonyl (C=O) groups excluding carboxylic acids is 2. The van der Waals surface area contributed by atoms with Crippen molar-refractivity contribution < 1.29 is 19.1 Å². The Morgan fingerprint density at radius 2 is 1.74 bits per heavy atom. The molecule has 0 aliphatic carbocycles. The summed E-state index contributed by atoms with van der Waals surface area (Å²) in [6, 6.07) is 14.7. The van der Waals surface area contributed by atoms with Gasteiger partial charge in [0.05, 0.1) is 5.69 Å². The molecule has 1 aromatic heterocycles. The van der Waals surface area contributed by atoms with Crippen molar-refractivity contribution in [1.82, 2.24) is 4.98 Å². The van der Waals surface area contributed by atoms with Crippen molar-refractivity contribution in [3.05, 3.63) is 70.7 Å². The minimum absolute atomic E-state index is 0.0192. The zero-order chi connectivity index (χ0) is 19.2. The normalized spacial score (nSPS) is 10.4. The Kier molecular flexibility index (Phi) is 5.98. The molecule has 0 bridgehead atoms. The number of aryl methyl sites for hydroxylation is 1. The average Bonchev–Trinajstić information content (AvgIpc) is 3.14. The van der Waals surface area contributed by atoms with Gasteiger partial charge in [0.15, 0.2) is 12.4 Å². The van der Waals surface area contributed by atoms with Crippen molar-refractivity contribution in [2.24, 2.45) is 0 Å². The Morgan fingerprint density at radius 3 is 2.41 bits per heavy atom. The lowest BCUT2D eigenvalue weighted by Crippen LogP contribution is -2.14. The molecule has 2 aromatic carbocycles. The van der Waals surface area contributed by atoms with E-state index < -0.39 is 5.97 Å². The standard InChI is InChI=1S/C21H19NO4S/c1-14-3-5-17(6-4-14)21-22-18(13-27-21)11-26-20(24)12-25-19-9-7-16(8-10-19)15(2)23/h3-10,13H,11-12H2,1-2H3. The maximum Gasteiger partial charge on any atom is 0.344 e. The number of aromatic nitrogens is 1. The quantitative estimate of drug-likeness (QED) is 0.447. The summed E-state index contributed by atoms with van der Waals surface area (Å²) in [5.41, 5.74) is 3.54. The summed E-state index contributed by atoms with van der Waals surface area (Å²) in [6.07, 6.45) is 0. The highest BCUT2D eigenvalue weighted by atomic mass is 32.1. The van der Waals surface area contributed by atoms with Crippen LogP contribution in [-0.4, -0.2) is 23.3 Å². The first-order valence-corrected chi connectivity index (χ1v) is 9.30. The summed E-state index contributed by atoms with van der Waals surface area (Å²) >= 11 is 1.51. The van der Waals surface area contributed by atoms with Gasteiger partial charge in [0.2, 0.25) is 0 Å². The third-order valence-corrected chi connectivity index (χ3v) is 4.79. The van der Waals surface area contributed by atoms with E-state index in [1.807, 2.05) is 36.6 Å². The predicted octanol–water partition coefficient (Wildman–Crippen LogP) is 4.44. The molecule has 0 spiro atoms. The summed E-state index contributed by atoms with van der Waals surface area (Å²) < 4.78 is 10.6. The molecule has 0 aliphatic heterocycles. The Bertz CT molecular complexity index is 930. The Labute approximate surface area is 161 Å². The largest absolute Gasteiger partial charge is 0.482 e. The number of thiazole rings is 1. The van der Waals surface area contributed by atoms with E-state index in [4.69, 9.17) is 9.47 Å². The number of hydrogen-bond donors (Lipinski definition) is 0. The number of Topliss-reactive ketones (excluding diaryl/α,β-unsaturated/α-hetero) is 1. The summed E-state index contributed by atoms with van der Waals surface area (Å²) in [4.78, 5) is 27.6. The fraction of sp³-hybridized carbons (Fsp3) is 0.190. The molecule has 138 valence electrons. The van der Waals surface area contributed by atoms with Gasteiger partial charge in [-0.3, -0.25) is 4.79 Å². The molecule has 0 atom stereocenters. The molecule has 3 aromatic rings. The highest BCUT2D eigenvalue weighted by molar-refractivity contribution is 7.13. The lowest BCUT2D eigenvalue weighted by molar-refractivity contribution is -0.147. The molecule has 0 amide bonds. The first-order chi connectivity index (χ1) is 13.0. The van der Waals surface area contributed by atoms with E-state index in [0.29, 0.717) is 17.0 Å². The van der Waals surface area contributed by atoms with Gasteiger partial charge in [0.1, 0.15) is 17.4 Å². The van der Waals surface area contributed by atoms with E-state index in [2.05, 4.69) is 4.98 Å². The Morgan fingerprint density at radius 1 is 1.04 bits per heavy atom. The number of benzene rings is 2. The number of nitrogens with zero attached hydrogens (tertiary/aromatic N) is 1. The molecule has 0 radical (unpaired) electrons. The number of ether oxygens (including phenoxy) is 2. The maximum atomic E-state index is 11.9. The summed E-state index contributed by atoms with van der Waals surface area (Å²) in [7, 11) is 0. The van der Waals surface area contributed by atoms with Gasteiger partial charge in [-0.2, -0.15) is 0 Å². The van der Waals surface area contributed by atoms with Crippen LogP contribution in [0.15, 0.2) is 53.9 Å². The summed E-state index contributed by atoms with van der Waals surface area (Å²) in [5, 5.41) is 2.77. The maximum absolute atomic E-state index is 11.9. The zero-order valence-corrected chi connectivity index (χ0v) is 15.9. The van der Waals surface area contributed by atoms with Crippen molar-refractivity contribution in [3.8, 4) is 16.3 Å². The lowest BCUT2D eigenvalue weighted by Gasteiger charge is -2.06. The Hall–Kier alpha value is -2.99. The zero-order valence-electron chi connectivity index (χ0n) is 15.1. The molecular formula is C21H19NO4S. The van der Waals surface area contributed by atoms with Crippen molar-refractivity contribution in [3.63, 3.8) is 0 Å². The first-order valence-electron chi connectivity index (χ1n) is 8.42. The minimum atomic E-state index is -0.476. The highest BCUT2D eigenvalue weighted by Crippen LogP contribution is 2.24. The van der Waals surface area contributed by atoms with Gasteiger partial charge in [-0.05, 0) is 38.1 Å². The SMILES string of the molecule is CC(=O)c1ccc(OCC(=O)OCc2csc(-c3ccc(C)cc3)n2)cc1. The van der Waals surface area contributed by atoms with Crippen LogP contribution in [-0.2, 0) is 16.1 Å². The van der Waals surface area contributed by atoms with Crippen LogP contribution in [0, 0.1) is 6.92 Å². The van der Waals surface area contributed by atoms with Gasteiger partial charge < -0.3 is 9.47 Å². The van der Waals surface area contributed by atoms with E-state index in [1.165, 1.54) is 23.8 Å². The van der Waals surface area contributed by atoms with Crippen LogP contribution in [0.4, 0.5) is 0 Å². The summed E-state index contributed by atoms with van der Waals surface area (Å²) in [6.45, 7) is 3.44. The number of ketones is 1. The molecule has 0 saturated carbocycles. The predicted molar refractivity (Wildman–Crippen MR) is 104 cm³/mol. The van der Waals surface area contributed by atoms with Crippen LogP contribution in [0.1, 0.15) is 28.5 Å². The fourth-order valence-corrected chi connectivity index (χ4v) is 3.14. The van der Waals surface area contributed by atoms with E-state index >= 15 is 0 Å². The third kappa shape index (κ3) is 5.24. The molecule has 0 saturated heterocycles. The van der Waals surface area contributed by atoms with Crippen LogP contribution in [0.25, 0.3) is 10.6 Å². The molecule has 0 unspecified atom stereocenters. The number of rotatable bonds is 7. The van der Waals surface area contributed by atoms with Gasteiger partial charge in [-0.15, -0.1) is 11.3 Å². The van der Waals surface area contributed by atoms with Crippen LogP contribution >= 0.6 is 11.3 Å². The third-order valence-electron chi connectivity index (χ3n) is 3.85. The highest BCUT2D eigenvalue weighted by Gasteiger charge is 2.09. The van der Waals surface area contributed by atoms with Gasteiger partial charge in [0.25, 0.3) is 0 Å². The molecule has 1 heterocycles. The van der Waals surface area contributed by atoms with Crippen molar-refractivity contribution >= 4 is 23.1 Å². The monoisotopic (exact) mass is 381 g/mol. The molecule has 27 heavy (non-hydrogen) atoms. The van der Waals surface area contributed by atoms with Gasteiger partial charge in [-0.25, -0.2) is 9.78 Å². The number of carbonyl (C=O) groups is 2. The van der Waals surface area contributed by atoms with Crippen LogP contribution in [0.5, 0.6) is 5.75 Å². The van der Waals surface area contributed by atoms with E-state index in [-0.39, 0.29) is 19.0 Å². The van der Waals surface area contributed by atoms with Crippen LogP contribution in [0.2, 0.25) is 0 Å². The molecular weight excluding hydrogens is 362 g/mol. The average molecular weight is 381 g/mol. The number of hydrogen-bond acceptors (Lipinski definition) is 6. The topological polar surface area (TPSA) is 65.5 Å². The molecule has 3 rings (SSSR count). The smallest absolute Gasteiger partial charge is 0.344 e. The van der Waals surface area contributed by atoms with E-state index in [9.17, 15) is 9.59 Å². The fourth-order valence-electron chi connectivity index (χ4n) is 2.33. The van der Waals surface area contributed by atoms with Crippen LogP contribution < -0.4 is 4.74 Å². The van der Waals surface area contributed by atoms with Crippen molar-refractivity contribution in [2.75, 3.05) is 6.61 Å². The second kappa shape index (κ2) is 8.60. The molecule has 0 fully saturated rings. The number of esters is 1. The second-order valence-corrected chi connectivity index (χ2v) is 6.90. The van der Waals surface area contributed by atoms with Crippen molar-refractivity contribution in [1.29, 1.82) is 0 Å². The van der Waals surface area contributed by atoms with Crippen LogP contribution in [0.3, 0.4) is 0 Å². The minimum Gasteiger partial charge on any atom is -0.482 e. The lowest BCUT2D eigenvalue weighted by atomic mass is 10.1. The van der Waals surface area contributed by atoms with E-state index in [0.717, 1.165) is 10.6 Å². The second-order valence-electron chi connectivity index (χ2n) is 6.04. The summed E-state index contributed by atoms with van der Waals surface area (Å²) in [5.74, 6) is 0.0111. The molecule has 0 aliphatic rings. The van der Waals surface area contributed by atoms with E-state index in [1.54, 1.807) is 24.3 Å². The molecule has 0 N–H and O–H groups in total. The van der Waals surface area contributed by atoms with Gasteiger partial charge in [0, 0.05) is 16.5 Å².